The Morgan fingerprint density at radius 2 is 1.96 bits per heavy atom. The third-order valence-electron chi connectivity index (χ3n) is 3.46. The van der Waals surface area contributed by atoms with E-state index in [1.54, 1.807) is 18.2 Å². The average molecular weight is 345 g/mol. The Bertz CT molecular complexity index is 890. The minimum absolute atomic E-state index is 0.0777. The molecule has 2 N–H and O–H groups in total. The molecule has 3 rings (SSSR count). The first-order valence-electron chi connectivity index (χ1n) is 7.31. The number of anilines is 1. The van der Waals surface area contributed by atoms with Gasteiger partial charge in [0.05, 0.1) is 23.7 Å². The molecule has 0 unspecified atom stereocenters. The van der Waals surface area contributed by atoms with Crippen molar-refractivity contribution < 1.29 is 28.6 Å². The van der Waals surface area contributed by atoms with Crippen LogP contribution in [0.15, 0.2) is 30.0 Å². The predicted molar refractivity (Wildman–Crippen MR) is 85.4 cm³/mol. The van der Waals surface area contributed by atoms with E-state index < -0.39 is 23.7 Å². The fourth-order valence-corrected chi connectivity index (χ4v) is 2.37. The summed E-state index contributed by atoms with van der Waals surface area (Å²) >= 11 is 0. The molecule has 2 aromatic rings. The van der Waals surface area contributed by atoms with Crippen LogP contribution in [0.25, 0.3) is 10.9 Å². The number of hydrogen-bond acceptors (Lipinski definition) is 8. The number of aromatic amines is 1. The number of nitrogens with one attached hydrogen (secondary N) is 2. The van der Waals surface area contributed by atoms with Crippen LogP contribution in [0.3, 0.4) is 0 Å². The van der Waals surface area contributed by atoms with E-state index in [4.69, 9.17) is 14.2 Å². The number of H-pyrrole nitrogens is 1. The molecule has 9 nitrogen and oxygen atoms in total. The van der Waals surface area contributed by atoms with E-state index in [0.29, 0.717) is 16.6 Å². The fourth-order valence-electron chi connectivity index (χ4n) is 2.37. The number of carbonyl (C=O) groups is 3. The quantitative estimate of drug-likeness (QED) is 0.488. The number of ether oxygens (including phenoxy) is 3. The number of nitrogens with zero attached hydrogens (tertiary/aromatic N) is 1. The zero-order valence-electron chi connectivity index (χ0n) is 13.7. The van der Waals surface area contributed by atoms with Crippen molar-refractivity contribution in [2.45, 2.75) is 19.6 Å². The van der Waals surface area contributed by atoms with E-state index in [-0.39, 0.29) is 11.3 Å². The van der Waals surface area contributed by atoms with Crippen LogP contribution in [0.2, 0.25) is 0 Å². The topological polar surface area (TPSA) is 120 Å². The Hall–Kier alpha value is -3.36. The van der Waals surface area contributed by atoms with Crippen LogP contribution in [0, 0.1) is 0 Å². The van der Waals surface area contributed by atoms with E-state index >= 15 is 0 Å². The van der Waals surface area contributed by atoms with E-state index in [9.17, 15) is 14.4 Å². The van der Waals surface area contributed by atoms with E-state index in [0.717, 1.165) is 0 Å². The molecule has 1 aromatic heterocycles. The van der Waals surface area contributed by atoms with Crippen molar-refractivity contribution in [2.75, 3.05) is 12.4 Å². The van der Waals surface area contributed by atoms with Crippen molar-refractivity contribution in [1.82, 2.24) is 10.2 Å². The first-order valence-corrected chi connectivity index (χ1v) is 7.31. The van der Waals surface area contributed by atoms with Crippen LogP contribution in [-0.2, 0) is 23.8 Å². The Morgan fingerprint density at radius 1 is 1.28 bits per heavy atom. The highest BCUT2D eigenvalue weighted by atomic mass is 16.7. The lowest BCUT2D eigenvalue weighted by Gasteiger charge is -2.29. The van der Waals surface area contributed by atoms with Gasteiger partial charge < -0.3 is 19.5 Å². The van der Waals surface area contributed by atoms with Crippen LogP contribution in [0.4, 0.5) is 5.69 Å². The third-order valence-corrected chi connectivity index (χ3v) is 3.46. The molecule has 1 aromatic carbocycles. The van der Waals surface area contributed by atoms with Gasteiger partial charge in [-0.3, -0.25) is 5.10 Å². The highest BCUT2D eigenvalue weighted by molar-refractivity contribution is 6.16. The van der Waals surface area contributed by atoms with Gasteiger partial charge in [-0.2, -0.15) is 5.10 Å². The molecular weight excluding hydrogens is 330 g/mol. The molecule has 0 radical (unpaired) electrons. The van der Waals surface area contributed by atoms with Crippen LogP contribution in [0.1, 0.15) is 24.3 Å². The molecule has 1 aliphatic rings. The minimum atomic E-state index is -1.31. The maximum atomic E-state index is 12.0. The smallest absolute Gasteiger partial charge is 0.359 e. The summed E-state index contributed by atoms with van der Waals surface area (Å²) in [7, 11) is 1.25. The summed E-state index contributed by atoms with van der Waals surface area (Å²) in [6, 6.07) is 5.09. The number of benzene rings is 1. The molecule has 130 valence electrons. The number of aromatic nitrogens is 2. The normalized spacial score (nSPS) is 16.2. The van der Waals surface area contributed by atoms with Crippen molar-refractivity contribution in [3.63, 3.8) is 0 Å². The molecule has 1 saturated heterocycles. The largest absolute Gasteiger partial charge is 0.464 e. The van der Waals surface area contributed by atoms with Gasteiger partial charge in [-0.05, 0) is 12.1 Å². The van der Waals surface area contributed by atoms with Gasteiger partial charge in [-0.1, -0.05) is 6.07 Å². The van der Waals surface area contributed by atoms with E-state index in [1.165, 1.54) is 27.2 Å². The lowest BCUT2D eigenvalue weighted by atomic mass is 10.1. The van der Waals surface area contributed by atoms with Crippen LogP contribution in [0.5, 0.6) is 0 Å². The molecule has 0 aliphatic carbocycles. The van der Waals surface area contributed by atoms with Gasteiger partial charge in [0.1, 0.15) is 0 Å². The van der Waals surface area contributed by atoms with Crippen molar-refractivity contribution in [1.29, 1.82) is 0 Å². The average Bonchev–Trinajstić information content (AvgIpc) is 2.97. The van der Waals surface area contributed by atoms with Crippen molar-refractivity contribution in [3.8, 4) is 0 Å². The van der Waals surface area contributed by atoms with Gasteiger partial charge >= 0.3 is 17.9 Å². The highest BCUT2D eigenvalue weighted by Gasteiger charge is 2.39. The summed E-state index contributed by atoms with van der Waals surface area (Å²) in [5.41, 5.74) is 0.816. The number of methoxy groups -OCH3 is 1. The molecule has 0 amide bonds. The van der Waals surface area contributed by atoms with Gasteiger partial charge in [0.2, 0.25) is 0 Å². The summed E-state index contributed by atoms with van der Waals surface area (Å²) in [6.45, 7) is 2.92. The van der Waals surface area contributed by atoms with E-state index in [2.05, 4.69) is 15.5 Å². The molecule has 9 heteroatoms. The standard InChI is InChI=1S/C16H15N3O6/c1-16(2)24-13(20)8(14(21)25-16)7-17-9-5-4-6-10-11(9)12(19-18-10)15(22)23-3/h4-7,17H,1-3H3,(H,18,19). The van der Waals surface area contributed by atoms with Gasteiger partial charge in [0.15, 0.2) is 11.3 Å². The highest BCUT2D eigenvalue weighted by Crippen LogP contribution is 2.27. The van der Waals surface area contributed by atoms with Gasteiger partial charge in [0.25, 0.3) is 5.79 Å². The second-order valence-electron chi connectivity index (χ2n) is 5.67. The summed E-state index contributed by atoms with van der Waals surface area (Å²) in [5, 5.41) is 9.92. The van der Waals surface area contributed by atoms with Crippen LogP contribution < -0.4 is 5.32 Å². The molecule has 0 atom stereocenters. The van der Waals surface area contributed by atoms with Crippen LogP contribution in [-0.4, -0.2) is 41.0 Å². The van der Waals surface area contributed by atoms with Crippen molar-refractivity contribution >= 4 is 34.5 Å². The first kappa shape index (κ1) is 16.5. The number of rotatable bonds is 3. The lowest BCUT2D eigenvalue weighted by molar-refractivity contribution is -0.222. The molecular formula is C16H15N3O6. The lowest BCUT2D eigenvalue weighted by Crippen LogP contribution is -2.42. The molecule has 1 fully saturated rings. The number of hydrogen-bond donors (Lipinski definition) is 2. The Kier molecular flexibility index (Phi) is 3.91. The second kappa shape index (κ2) is 5.93. The van der Waals surface area contributed by atoms with Crippen molar-refractivity contribution in [3.05, 3.63) is 35.7 Å². The Balaban J connectivity index is 1.96. The first-order chi connectivity index (χ1) is 11.8. The molecule has 1 aliphatic heterocycles. The molecule has 0 bridgehead atoms. The number of esters is 3. The number of carbonyl (C=O) groups excluding carboxylic acids is 3. The van der Waals surface area contributed by atoms with Crippen molar-refractivity contribution in [2.24, 2.45) is 0 Å². The number of cyclic esters (lactones) is 2. The maximum absolute atomic E-state index is 12.0. The monoisotopic (exact) mass is 345 g/mol. The predicted octanol–water partition coefficient (Wildman–Crippen LogP) is 1.48. The van der Waals surface area contributed by atoms with Crippen LogP contribution >= 0.6 is 0 Å². The molecule has 0 spiro atoms. The minimum Gasteiger partial charge on any atom is -0.464 e. The fraction of sp³-hybridized carbons (Fsp3) is 0.250. The number of fused-ring (bicyclic) bond motifs is 1. The van der Waals surface area contributed by atoms with E-state index in [1.807, 2.05) is 0 Å². The third kappa shape index (κ3) is 3.03. The summed E-state index contributed by atoms with van der Waals surface area (Å²) in [4.78, 5) is 35.7. The zero-order valence-corrected chi connectivity index (χ0v) is 13.7. The molecule has 0 saturated carbocycles. The maximum Gasteiger partial charge on any atom is 0.359 e. The summed E-state index contributed by atoms with van der Waals surface area (Å²) in [6.07, 6.45) is 1.17. The molecule has 2 heterocycles. The SMILES string of the molecule is COC(=O)c1n[nH]c2cccc(NC=C3C(=O)OC(C)(C)OC3=O)c12. The summed E-state index contributed by atoms with van der Waals surface area (Å²) in [5.74, 6) is -3.54. The molecule has 25 heavy (non-hydrogen) atoms. The second-order valence-corrected chi connectivity index (χ2v) is 5.67. The Labute approximate surface area is 141 Å². The van der Waals surface area contributed by atoms with Gasteiger partial charge in [0, 0.05) is 20.0 Å². The summed E-state index contributed by atoms with van der Waals surface area (Å²) < 4.78 is 14.7. The van der Waals surface area contributed by atoms with Gasteiger partial charge in [-0.15, -0.1) is 0 Å². The zero-order chi connectivity index (χ0) is 18.2. The van der Waals surface area contributed by atoms with Gasteiger partial charge in [-0.25, -0.2) is 14.4 Å². The Morgan fingerprint density at radius 3 is 2.60 bits per heavy atom.